The van der Waals surface area contributed by atoms with Gasteiger partial charge < -0.3 is 5.32 Å². The Morgan fingerprint density at radius 3 is 2.29 bits per heavy atom. The molecule has 0 saturated heterocycles. The van der Waals surface area contributed by atoms with Crippen molar-refractivity contribution < 1.29 is 4.39 Å². The summed E-state index contributed by atoms with van der Waals surface area (Å²) in [6.07, 6.45) is 0. The van der Waals surface area contributed by atoms with Gasteiger partial charge in [0, 0.05) is 0 Å². The predicted octanol–water partition coefficient (Wildman–Crippen LogP) is 3.44. The number of aryl methyl sites for hydroxylation is 1. The van der Waals surface area contributed by atoms with Gasteiger partial charge >= 0.3 is 0 Å². The highest BCUT2D eigenvalue weighted by Crippen LogP contribution is 2.23. The Kier molecular flexibility index (Phi) is 3.55. The highest BCUT2D eigenvalue weighted by atomic mass is 19.1. The third-order valence-electron chi connectivity index (χ3n) is 2.82. The second-order valence-electron chi connectivity index (χ2n) is 4.19. The van der Waals surface area contributed by atoms with Crippen LogP contribution in [0.5, 0.6) is 0 Å². The lowest BCUT2D eigenvalue weighted by Gasteiger charge is -2.17. The van der Waals surface area contributed by atoms with Crippen LogP contribution in [0.2, 0.25) is 0 Å². The molecule has 0 aliphatic carbocycles. The Hall–Kier alpha value is -1.67. The van der Waals surface area contributed by atoms with Crippen molar-refractivity contribution in [3.05, 3.63) is 71.0 Å². The van der Waals surface area contributed by atoms with Gasteiger partial charge in [0.15, 0.2) is 0 Å². The smallest absolute Gasteiger partial charge is 0.123 e. The summed E-state index contributed by atoms with van der Waals surface area (Å²) in [7, 11) is 1.89. The van der Waals surface area contributed by atoms with Crippen LogP contribution in [0.4, 0.5) is 4.39 Å². The van der Waals surface area contributed by atoms with E-state index in [-0.39, 0.29) is 11.9 Å². The van der Waals surface area contributed by atoms with E-state index in [1.165, 1.54) is 0 Å². The van der Waals surface area contributed by atoms with Gasteiger partial charge in [0.2, 0.25) is 0 Å². The average Bonchev–Trinajstić information content (AvgIpc) is 2.30. The first-order valence-corrected chi connectivity index (χ1v) is 5.70. The molecule has 17 heavy (non-hydrogen) atoms. The van der Waals surface area contributed by atoms with Crippen molar-refractivity contribution in [3.63, 3.8) is 0 Å². The van der Waals surface area contributed by atoms with E-state index in [0.717, 1.165) is 16.7 Å². The highest BCUT2D eigenvalue weighted by Gasteiger charge is 2.12. The largest absolute Gasteiger partial charge is 0.309 e. The van der Waals surface area contributed by atoms with Gasteiger partial charge in [-0.3, -0.25) is 0 Å². The van der Waals surface area contributed by atoms with Gasteiger partial charge in [0.05, 0.1) is 6.04 Å². The summed E-state index contributed by atoms with van der Waals surface area (Å²) >= 11 is 0. The number of rotatable bonds is 3. The first-order chi connectivity index (χ1) is 8.20. The molecule has 0 fully saturated rings. The van der Waals surface area contributed by atoms with Crippen LogP contribution in [0.3, 0.4) is 0 Å². The van der Waals surface area contributed by atoms with Crippen molar-refractivity contribution in [2.75, 3.05) is 7.05 Å². The Morgan fingerprint density at radius 2 is 1.71 bits per heavy atom. The molecule has 0 aliphatic heterocycles. The molecule has 1 unspecified atom stereocenters. The van der Waals surface area contributed by atoms with E-state index in [1.807, 2.05) is 50.4 Å². The zero-order valence-electron chi connectivity index (χ0n) is 10.1. The fraction of sp³-hybridized carbons (Fsp3) is 0.200. The van der Waals surface area contributed by atoms with Crippen LogP contribution in [-0.2, 0) is 0 Å². The normalized spacial score (nSPS) is 12.4. The minimum Gasteiger partial charge on any atom is -0.309 e. The van der Waals surface area contributed by atoms with Gasteiger partial charge in [0.1, 0.15) is 5.82 Å². The van der Waals surface area contributed by atoms with E-state index < -0.39 is 0 Å². The highest BCUT2D eigenvalue weighted by molar-refractivity contribution is 5.34. The van der Waals surface area contributed by atoms with E-state index in [0.29, 0.717) is 0 Å². The maximum Gasteiger partial charge on any atom is 0.123 e. The molecule has 0 radical (unpaired) electrons. The summed E-state index contributed by atoms with van der Waals surface area (Å²) in [5.74, 6) is -0.184. The van der Waals surface area contributed by atoms with Crippen LogP contribution >= 0.6 is 0 Å². The minimum absolute atomic E-state index is 0.0330. The Balaban J connectivity index is 2.42. The third-order valence-corrected chi connectivity index (χ3v) is 2.82. The van der Waals surface area contributed by atoms with Crippen LogP contribution in [0, 0.1) is 12.7 Å². The predicted molar refractivity (Wildman–Crippen MR) is 68.5 cm³/mol. The van der Waals surface area contributed by atoms with Gasteiger partial charge in [-0.2, -0.15) is 0 Å². The number of hydrogen-bond acceptors (Lipinski definition) is 1. The van der Waals surface area contributed by atoms with Gasteiger partial charge in [-0.25, -0.2) is 4.39 Å². The number of halogens is 1. The van der Waals surface area contributed by atoms with E-state index >= 15 is 0 Å². The molecule has 2 aromatic rings. The molecule has 1 atom stereocenters. The van der Waals surface area contributed by atoms with Crippen LogP contribution in [0.1, 0.15) is 22.7 Å². The van der Waals surface area contributed by atoms with Crippen molar-refractivity contribution in [2.24, 2.45) is 0 Å². The summed E-state index contributed by atoms with van der Waals surface area (Å²) < 4.78 is 13.4. The zero-order valence-corrected chi connectivity index (χ0v) is 10.1. The van der Waals surface area contributed by atoms with Gasteiger partial charge in [-0.15, -0.1) is 0 Å². The summed E-state index contributed by atoms with van der Waals surface area (Å²) in [4.78, 5) is 0. The molecule has 0 aromatic heterocycles. The van der Waals surface area contributed by atoms with Gasteiger partial charge in [-0.1, -0.05) is 36.4 Å². The first kappa shape index (κ1) is 11.8. The minimum atomic E-state index is -0.184. The lowest BCUT2D eigenvalue weighted by atomic mass is 9.97. The second-order valence-corrected chi connectivity index (χ2v) is 4.19. The topological polar surface area (TPSA) is 12.0 Å². The summed E-state index contributed by atoms with van der Waals surface area (Å²) in [5, 5.41) is 3.22. The Bertz CT molecular complexity index is 473. The summed E-state index contributed by atoms with van der Waals surface area (Å²) in [6, 6.07) is 15.2. The molecule has 0 heterocycles. The van der Waals surface area contributed by atoms with Gasteiger partial charge in [-0.05, 0) is 42.8 Å². The fourth-order valence-electron chi connectivity index (χ4n) is 2.10. The SMILES string of the molecule is CNC(c1ccccc1)c1cc(C)cc(F)c1. The van der Waals surface area contributed by atoms with E-state index in [4.69, 9.17) is 0 Å². The van der Waals surface area contributed by atoms with E-state index in [9.17, 15) is 4.39 Å². The average molecular weight is 229 g/mol. The fourth-order valence-corrected chi connectivity index (χ4v) is 2.10. The Morgan fingerprint density at radius 1 is 1.00 bits per heavy atom. The molecule has 0 amide bonds. The lowest BCUT2D eigenvalue weighted by Crippen LogP contribution is -2.17. The zero-order chi connectivity index (χ0) is 12.3. The standard InChI is InChI=1S/C15H16FN/c1-11-8-13(10-14(16)9-11)15(17-2)12-6-4-3-5-7-12/h3-10,15,17H,1-2H3. The van der Waals surface area contributed by atoms with Crippen molar-refractivity contribution >= 4 is 0 Å². The Labute approximate surface area is 101 Å². The van der Waals surface area contributed by atoms with Crippen LogP contribution in [0.25, 0.3) is 0 Å². The quantitative estimate of drug-likeness (QED) is 0.850. The summed E-state index contributed by atoms with van der Waals surface area (Å²) in [5.41, 5.74) is 3.03. The first-order valence-electron chi connectivity index (χ1n) is 5.70. The number of hydrogen-bond donors (Lipinski definition) is 1. The maximum absolute atomic E-state index is 13.4. The van der Waals surface area contributed by atoms with E-state index in [1.54, 1.807) is 12.1 Å². The molecular formula is C15H16FN. The summed E-state index contributed by atoms with van der Waals surface area (Å²) in [6.45, 7) is 1.91. The molecule has 0 aliphatic rings. The maximum atomic E-state index is 13.4. The molecule has 88 valence electrons. The molecule has 2 rings (SSSR count). The number of nitrogens with one attached hydrogen (secondary N) is 1. The van der Waals surface area contributed by atoms with Crippen LogP contribution < -0.4 is 5.32 Å². The van der Waals surface area contributed by atoms with Crippen molar-refractivity contribution in [1.29, 1.82) is 0 Å². The molecule has 1 N–H and O–H groups in total. The molecule has 0 saturated carbocycles. The van der Waals surface area contributed by atoms with Gasteiger partial charge in [0.25, 0.3) is 0 Å². The lowest BCUT2D eigenvalue weighted by molar-refractivity contribution is 0.615. The molecule has 0 bridgehead atoms. The molecule has 0 spiro atoms. The number of benzene rings is 2. The van der Waals surface area contributed by atoms with Crippen LogP contribution in [-0.4, -0.2) is 7.05 Å². The second kappa shape index (κ2) is 5.11. The van der Waals surface area contributed by atoms with Crippen molar-refractivity contribution in [2.45, 2.75) is 13.0 Å². The van der Waals surface area contributed by atoms with Crippen molar-refractivity contribution in [1.82, 2.24) is 5.32 Å². The van der Waals surface area contributed by atoms with Crippen LogP contribution in [0.15, 0.2) is 48.5 Å². The third kappa shape index (κ3) is 2.71. The molecule has 1 nitrogen and oxygen atoms in total. The van der Waals surface area contributed by atoms with E-state index in [2.05, 4.69) is 5.32 Å². The molecular weight excluding hydrogens is 213 g/mol. The monoisotopic (exact) mass is 229 g/mol. The molecule has 2 heteroatoms. The van der Waals surface area contributed by atoms with Crippen molar-refractivity contribution in [3.8, 4) is 0 Å². The molecule has 2 aromatic carbocycles.